The van der Waals surface area contributed by atoms with Crippen LogP contribution in [0.3, 0.4) is 0 Å². The van der Waals surface area contributed by atoms with Crippen LogP contribution in [0.5, 0.6) is 0 Å². The van der Waals surface area contributed by atoms with E-state index in [0.29, 0.717) is 11.5 Å². The predicted octanol–water partition coefficient (Wildman–Crippen LogP) is 3.69. The number of ether oxygens (including phenoxy) is 2. The number of unbranched alkanes of at least 4 members (excludes halogenated alkanes) is 1. The van der Waals surface area contributed by atoms with Crippen molar-refractivity contribution < 1.29 is 9.47 Å². The van der Waals surface area contributed by atoms with Gasteiger partial charge in [-0.25, -0.2) is 0 Å². The molecule has 0 aliphatic carbocycles. The van der Waals surface area contributed by atoms with Crippen molar-refractivity contribution in [2.24, 2.45) is 0 Å². The Labute approximate surface area is 139 Å². The number of hydrogen-bond donors (Lipinski definition) is 1. The average Bonchev–Trinajstić information content (AvgIpc) is 2.54. The number of thiocarbonyl (C=S) groups is 1. The molecule has 1 aromatic rings. The van der Waals surface area contributed by atoms with Crippen molar-refractivity contribution in [2.75, 3.05) is 25.7 Å². The molecule has 1 aromatic carbocycles. The van der Waals surface area contributed by atoms with Crippen molar-refractivity contribution in [1.82, 2.24) is 5.32 Å². The largest absolute Gasteiger partial charge is 0.362 e. The van der Waals surface area contributed by atoms with Crippen LogP contribution in [-0.4, -0.2) is 32.2 Å². The molecule has 0 heterocycles. The molecule has 0 amide bonds. The zero-order chi connectivity index (χ0) is 16.4. The van der Waals surface area contributed by atoms with Crippen molar-refractivity contribution in [3.05, 3.63) is 42.6 Å². The summed E-state index contributed by atoms with van der Waals surface area (Å²) in [5.74, 6) is 0. The lowest BCUT2D eigenvalue weighted by Gasteiger charge is -2.29. The molecule has 0 atom stereocenters. The molecular formula is C17H26N2O2S. The van der Waals surface area contributed by atoms with E-state index in [0.717, 1.165) is 30.8 Å². The van der Waals surface area contributed by atoms with E-state index in [9.17, 15) is 0 Å². The van der Waals surface area contributed by atoms with Gasteiger partial charge >= 0.3 is 0 Å². The third-order valence-corrected chi connectivity index (χ3v) is 3.60. The summed E-state index contributed by atoms with van der Waals surface area (Å²) in [7, 11) is 3.23. The fourth-order valence-corrected chi connectivity index (χ4v) is 2.35. The van der Waals surface area contributed by atoms with Gasteiger partial charge in [-0.2, -0.15) is 0 Å². The van der Waals surface area contributed by atoms with E-state index in [4.69, 9.17) is 21.7 Å². The first-order valence-electron chi connectivity index (χ1n) is 7.50. The SMILES string of the molecule is C=C(CC(OC)OC)N(C(=S)NCCCC)c1ccccc1. The van der Waals surface area contributed by atoms with E-state index in [1.54, 1.807) is 14.2 Å². The second-order valence-electron chi connectivity index (χ2n) is 4.93. The van der Waals surface area contributed by atoms with Crippen LogP contribution >= 0.6 is 12.2 Å². The van der Waals surface area contributed by atoms with Gasteiger partial charge in [0.1, 0.15) is 0 Å². The summed E-state index contributed by atoms with van der Waals surface area (Å²) >= 11 is 5.54. The van der Waals surface area contributed by atoms with E-state index in [-0.39, 0.29) is 6.29 Å². The molecule has 4 nitrogen and oxygen atoms in total. The Morgan fingerprint density at radius 2 is 1.91 bits per heavy atom. The Hall–Kier alpha value is -1.43. The van der Waals surface area contributed by atoms with Gasteiger partial charge < -0.3 is 14.8 Å². The highest BCUT2D eigenvalue weighted by atomic mass is 32.1. The molecule has 1 N–H and O–H groups in total. The number of nitrogens with zero attached hydrogens (tertiary/aromatic N) is 1. The van der Waals surface area contributed by atoms with Crippen molar-refractivity contribution in [3.8, 4) is 0 Å². The summed E-state index contributed by atoms with van der Waals surface area (Å²) in [6.45, 7) is 7.16. The minimum atomic E-state index is -0.336. The summed E-state index contributed by atoms with van der Waals surface area (Å²) in [6, 6.07) is 9.95. The monoisotopic (exact) mass is 322 g/mol. The van der Waals surface area contributed by atoms with Crippen LogP contribution in [0.4, 0.5) is 5.69 Å². The maximum atomic E-state index is 5.54. The van der Waals surface area contributed by atoms with Crippen LogP contribution in [0.2, 0.25) is 0 Å². The van der Waals surface area contributed by atoms with Gasteiger partial charge in [-0.05, 0) is 30.8 Å². The fraction of sp³-hybridized carbons (Fsp3) is 0.471. The van der Waals surface area contributed by atoms with E-state index in [1.807, 2.05) is 35.2 Å². The Balaban J connectivity index is 2.86. The van der Waals surface area contributed by atoms with Gasteiger partial charge in [0.15, 0.2) is 11.4 Å². The second kappa shape index (κ2) is 10.3. The van der Waals surface area contributed by atoms with Gasteiger partial charge in [0.25, 0.3) is 0 Å². The highest BCUT2D eigenvalue weighted by Gasteiger charge is 2.18. The minimum Gasteiger partial charge on any atom is -0.362 e. The Morgan fingerprint density at radius 1 is 1.27 bits per heavy atom. The van der Waals surface area contributed by atoms with E-state index >= 15 is 0 Å². The van der Waals surface area contributed by atoms with Crippen molar-refractivity contribution in [1.29, 1.82) is 0 Å². The maximum absolute atomic E-state index is 5.54. The second-order valence-corrected chi connectivity index (χ2v) is 5.31. The summed E-state index contributed by atoms with van der Waals surface area (Å²) in [4.78, 5) is 1.94. The number of nitrogens with one attached hydrogen (secondary N) is 1. The molecule has 0 aliphatic rings. The van der Waals surface area contributed by atoms with Crippen LogP contribution in [0.25, 0.3) is 0 Å². The topological polar surface area (TPSA) is 33.7 Å². The van der Waals surface area contributed by atoms with Crippen molar-refractivity contribution in [2.45, 2.75) is 32.5 Å². The van der Waals surface area contributed by atoms with Gasteiger partial charge in [-0.3, -0.25) is 4.90 Å². The van der Waals surface area contributed by atoms with Crippen LogP contribution in [0.15, 0.2) is 42.6 Å². The first-order chi connectivity index (χ1) is 10.6. The molecule has 0 unspecified atom stereocenters. The van der Waals surface area contributed by atoms with Gasteiger partial charge in [0.05, 0.1) is 0 Å². The molecule has 0 radical (unpaired) electrons. The van der Waals surface area contributed by atoms with Gasteiger partial charge in [-0.1, -0.05) is 38.1 Å². The molecule has 5 heteroatoms. The molecular weight excluding hydrogens is 296 g/mol. The van der Waals surface area contributed by atoms with E-state index in [1.165, 1.54) is 0 Å². The third kappa shape index (κ3) is 5.75. The van der Waals surface area contributed by atoms with Crippen LogP contribution < -0.4 is 10.2 Å². The molecule has 0 saturated carbocycles. The summed E-state index contributed by atoms with van der Waals surface area (Å²) in [5, 5.41) is 3.94. The first kappa shape index (κ1) is 18.6. The normalized spacial score (nSPS) is 10.5. The predicted molar refractivity (Wildman–Crippen MR) is 96.0 cm³/mol. The maximum Gasteiger partial charge on any atom is 0.177 e. The van der Waals surface area contributed by atoms with E-state index in [2.05, 4.69) is 18.8 Å². The Bertz CT molecular complexity index is 461. The summed E-state index contributed by atoms with van der Waals surface area (Å²) in [5.41, 5.74) is 1.81. The average molecular weight is 322 g/mol. The highest BCUT2D eigenvalue weighted by molar-refractivity contribution is 7.80. The van der Waals surface area contributed by atoms with Crippen molar-refractivity contribution >= 4 is 23.0 Å². The molecule has 0 aliphatic heterocycles. The summed E-state index contributed by atoms with van der Waals surface area (Å²) < 4.78 is 10.5. The van der Waals surface area contributed by atoms with Gasteiger partial charge in [0, 0.05) is 38.6 Å². The van der Waals surface area contributed by atoms with Crippen LogP contribution in [-0.2, 0) is 9.47 Å². The molecule has 0 aromatic heterocycles. The number of para-hydroxylation sites is 1. The molecule has 22 heavy (non-hydrogen) atoms. The van der Waals surface area contributed by atoms with Crippen molar-refractivity contribution in [3.63, 3.8) is 0 Å². The van der Waals surface area contributed by atoms with Crippen LogP contribution in [0, 0.1) is 0 Å². The zero-order valence-corrected chi connectivity index (χ0v) is 14.5. The zero-order valence-electron chi connectivity index (χ0n) is 13.7. The van der Waals surface area contributed by atoms with Gasteiger partial charge in [-0.15, -0.1) is 0 Å². The molecule has 1 rings (SSSR count). The summed E-state index contributed by atoms with van der Waals surface area (Å²) in [6.07, 6.45) is 2.40. The molecule has 0 fully saturated rings. The molecule has 0 saturated heterocycles. The lowest BCUT2D eigenvalue weighted by molar-refractivity contribution is -0.100. The number of hydrogen-bond acceptors (Lipinski definition) is 3. The van der Waals surface area contributed by atoms with Gasteiger partial charge in [0.2, 0.25) is 0 Å². The van der Waals surface area contributed by atoms with Crippen LogP contribution in [0.1, 0.15) is 26.2 Å². The fourth-order valence-electron chi connectivity index (χ4n) is 2.02. The van der Waals surface area contributed by atoms with E-state index < -0.39 is 0 Å². The Morgan fingerprint density at radius 3 is 2.45 bits per heavy atom. The first-order valence-corrected chi connectivity index (χ1v) is 7.91. The number of anilines is 1. The molecule has 0 bridgehead atoms. The number of benzene rings is 1. The molecule has 122 valence electrons. The smallest absolute Gasteiger partial charge is 0.177 e. The highest BCUT2D eigenvalue weighted by Crippen LogP contribution is 2.22. The number of methoxy groups -OCH3 is 2. The molecule has 0 spiro atoms. The lowest BCUT2D eigenvalue weighted by Crippen LogP contribution is -2.40. The minimum absolute atomic E-state index is 0.336. The Kier molecular flexibility index (Phi) is 8.74. The number of rotatable bonds is 9. The quantitative estimate of drug-likeness (QED) is 0.426. The standard InChI is InChI=1S/C17H26N2O2S/c1-5-6-12-18-17(22)19(15-10-8-7-9-11-15)14(2)13-16(20-3)21-4/h7-11,16H,2,5-6,12-13H2,1,3-4H3,(H,18,22). The third-order valence-electron chi connectivity index (χ3n) is 3.27. The lowest BCUT2D eigenvalue weighted by atomic mass is 10.2.